The van der Waals surface area contributed by atoms with Crippen molar-refractivity contribution < 1.29 is 13.9 Å². The molecule has 1 N–H and O–H groups in total. The van der Waals surface area contributed by atoms with E-state index in [9.17, 15) is 9.18 Å². The van der Waals surface area contributed by atoms with Gasteiger partial charge >= 0.3 is 0 Å². The molecule has 0 aliphatic carbocycles. The molecule has 1 aliphatic heterocycles. The molecule has 1 saturated heterocycles. The molecule has 0 bridgehead atoms. The molecular formula is C15H16FNO2S. The minimum Gasteiger partial charge on any atom is -0.380 e. The molecule has 5 heteroatoms. The van der Waals surface area contributed by atoms with Gasteiger partial charge in [0.15, 0.2) is 0 Å². The van der Waals surface area contributed by atoms with E-state index in [0.717, 1.165) is 10.3 Å². The maximum absolute atomic E-state index is 13.8. The lowest BCUT2D eigenvalue weighted by Gasteiger charge is -2.37. The zero-order chi connectivity index (χ0) is 14.3. The van der Waals surface area contributed by atoms with Gasteiger partial charge in [0.25, 0.3) is 5.91 Å². The monoisotopic (exact) mass is 293 g/mol. The van der Waals surface area contributed by atoms with Crippen molar-refractivity contribution in [1.82, 2.24) is 5.32 Å². The molecule has 1 aromatic carbocycles. The fourth-order valence-corrected chi connectivity index (χ4v) is 3.54. The SMILES string of the molecule is Cc1c(C(=O)NCC2(C)COC2)sc2cccc(F)c12. The predicted octanol–water partition coefficient (Wildman–Crippen LogP) is 3.12. The zero-order valence-corrected chi connectivity index (χ0v) is 12.3. The highest BCUT2D eigenvalue weighted by Gasteiger charge is 2.34. The first kappa shape index (κ1) is 13.5. The molecule has 2 heterocycles. The second-order valence-corrected chi connectivity index (χ2v) is 6.71. The van der Waals surface area contributed by atoms with E-state index >= 15 is 0 Å². The van der Waals surface area contributed by atoms with Crippen LogP contribution in [-0.2, 0) is 4.74 Å². The van der Waals surface area contributed by atoms with Gasteiger partial charge in [-0.15, -0.1) is 11.3 Å². The van der Waals surface area contributed by atoms with E-state index in [1.807, 2.05) is 6.07 Å². The van der Waals surface area contributed by atoms with Gasteiger partial charge in [-0.05, 0) is 24.6 Å². The molecule has 2 aromatic rings. The number of halogens is 1. The minimum absolute atomic E-state index is 0.0332. The maximum atomic E-state index is 13.8. The Labute approximate surface area is 120 Å². The molecule has 0 spiro atoms. The highest BCUT2D eigenvalue weighted by atomic mass is 32.1. The molecule has 0 atom stereocenters. The van der Waals surface area contributed by atoms with E-state index < -0.39 is 0 Å². The van der Waals surface area contributed by atoms with Gasteiger partial charge in [-0.25, -0.2) is 4.39 Å². The van der Waals surface area contributed by atoms with Crippen LogP contribution < -0.4 is 5.32 Å². The van der Waals surface area contributed by atoms with E-state index in [0.29, 0.717) is 30.0 Å². The Morgan fingerprint density at radius 3 is 2.85 bits per heavy atom. The largest absolute Gasteiger partial charge is 0.380 e. The number of thiophene rings is 1. The van der Waals surface area contributed by atoms with Crippen molar-refractivity contribution in [2.24, 2.45) is 5.41 Å². The maximum Gasteiger partial charge on any atom is 0.261 e. The van der Waals surface area contributed by atoms with Gasteiger partial charge < -0.3 is 10.1 Å². The number of aryl methyl sites for hydroxylation is 1. The van der Waals surface area contributed by atoms with Crippen LogP contribution >= 0.6 is 11.3 Å². The molecule has 0 radical (unpaired) electrons. The van der Waals surface area contributed by atoms with Gasteiger partial charge in [0.2, 0.25) is 0 Å². The lowest BCUT2D eigenvalue weighted by atomic mass is 9.89. The number of carbonyl (C=O) groups is 1. The van der Waals surface area contributed by atoms with E-state index in [1.165, 1.54) is 17.4 Å². The second kappa shape index (κ2) is 4.82. The van der Waals surface area contributed by atoms with E-state index in [2.05, 4.69) is 12.2 Å². The third kappa shape index (κ3) is 2.21. The Balaban J connectivity index is 1.84. The van der Waals surface area contributed by atoms with Crippen molar-refractivity contribution in [3.8, 4) is 0 Å². The van der Waals surface area contributed by atoms with Crippen LogP contribution in [0.4, 0.5) is 4.39 Å². The van der Waals surface area contributed by atoms with Crippen LogP contribution in [0.15, 0.2) is 18.2 Å². The predicted molar refractivity (Wildman–Crippen MR) is 77.8 cm³/mol. The standard InChI is InChI=1S/C15H16FNO2S/c1-9-12-10(16)4-3-5-11(12)20-13(9)14(18)17-6-15(2)7-19-8-15/h3-5H,6-8H2,1-2H3,(H,17,18). The number of hydrogen-bond acceptors (Lipinski definition) is 3. The molecule has 0 saturated carbocycles. The fraction of sp³-hybridized carbons (Fsp3) is 0.400. The van der Waals surface area contributed by atoms with Crippen molar-refractivity contribution in [1.29, 1.82) is 0 Å². The quantitative estimate of drug-likeness (QED) is 0.944. The Kier molecular flexibility index (Phi) is 3.26. The lowest BCUT2D eigenvalue weighted by molar-refractivity contribution is -0.0978. The first-order valence-corrected chi connectivity index (χ1v) is 7.35. The van der Waals surface area contributed by atoms with Crippen molar-refractivity contribution in [2.75, 3.05) is 19.8 Å². The number of benzene rings is 1. The summed E-state index contributed by atoms with van der Waals surface area (Å²) in [5.74, 6) is -0.397. The molecule has 0 unspecified atom stereocenters. The Morgan fingerprint density at radius 1 is 1.50 bits per heavy atom. The van der Waals surface area contributed by atoms with Crippen LogP contribution in [0.2, 0.25) is 0 Å². The summed E-state index contributed by atoms with van der Waals surface area (Å²) in [6, 6.07) is 4.94. The fourth-order valence-electron chi connectivity index (χ4n) is 2.40. The van der Waals surface area contributed by atoms with Crippen LogP contribution in [0.5, 0.6) is 0 Å². The Bertz CT molecular complexity index is 676. The highest BCUT2D eigenvalue weighted by molar-refractivity contribution is 7.21. The molecule has 20 heavy (non-hydrogen) atoms. The van der Waals surface area contributed by atoms with Gasteiger partial charge in [0.1, 0.15) is 5.82 Å². The van der Waals surface area contributed by atoms with E-state index in [-0.39, 0.29) is 17.1 Å². The summed E-state index contributed by atoms with van der Waals surface area (Å²) in [5.41, 5.74) is 0.751. The average Bonchev–Trinajstić information content (AvgIpc) is 2.72. The smallest absolute Gasteiger partial charge is 0.261 e. The number of ether oxygens (including phenoxy) is 1. The molecule has 1 aliphatic rings. The van der Waals surface area contributed by atoms with E-state index in [4.69, 9.17) is 4.74 Å². The first-order chi connectivity index (χ1) is 9.50. The van der Waals surface area contributed by atoms with Crippen molar-refractivity contribution in [2.45, 2.75) is 13.8 Å². The van der Waals surface area contributed by atoms with Crippen LogP contribution in [0.3, 0.4) is 0 Å². The molecule has 1 fully saturated rings. The number of hydrogen-bond donors (Lipinski definition) is 1. The van der Waals surface area contributed by atoms with Crippen molar-refractivity contribution in [3.05, 3.63) is 34.5 Å². The number of carbonyl (C=O) groups excluding carboxylic acids is 1. The van der Waals surface area contributed by atoms with Crippen molar-refractivity contribution >= 4 is 27.3 Å². The summed E-state index contributed by atoms with van der Waals surface area (Å²) in [4.78, 5) is 12.9. The van der Waals surface area contributed by atoms with Crippen LogP contribution in [0, 0.1) is 18.2 Å². The molecule has 106 valence electrons. The van der Waals surface area contributed by atoms with Crippen LogP contribution in [0.25, 0.3) is 10.1 Å². The second-order valence-electron chi connectivity index (χ2n) is 5.66. The van der Waals surface area contributed by atoms with Crippen LogP contribution in [-0.4, -0.2) is 25.7 Å². The first-order valence-electron chi connectivity index (χ1n) is 6.54. The number of amides is 1. The Morgan fingerprint density at radius 2 is 2.25 bits per heavy atom. The topological polar surface area (TPSA) is 38.3 Å². The molecule has 3 nitrogen and oxygen atoms in total. The van der Waals surface area contributed by atoms with Gasteiger partial charge in [-0.1, -0.05) is 13.0 Å². The number of nitrogens with one attached hydrogen (secondary N) is 1. The third-order valence-corrected chi connectivity index (χ3v) is 4.94. The molecule has 1 amide bonds. The molecule has 1 aromatic heterocycles. The summed E-state index contributed by atoms with van der Waals surface area (Å²) in [5, 5.41) is 3.49. The van der Waals surface area contributed by atoms with Gasteiger partial charge in [0.05, 0.1) is 18.1 Å². The van der Waals surface area contributed by atoms with Crippen molar-refractivity contribution in [3.63, 3.8) is 0 Å². The van der Waals surface area contributed by atoms with Gasteiger partial charge in [-0.2, -0.15) is 0 Å². The highest BCUT2D eigenvalue weighted by Crippen LogP contribution is 2.33. The lowest BCUT2D eigenvalue weighted by Crippen LogP contribution is -2.48. The normalized spacial score (nSPS) is 16.9. The third-order valence-electron chi connectivity index (χ3n) is 3.69. The number of rotatable bonds is 3. The van der Waals surface area contributed by atoms with E-state index in [1.54, 1.807) is 13.0 Å². The van der Waals surface area contributed by atoms with Crippen LogP contribution in [0.1, 0.15) is 22.2 Å². The minimum atomic E-state index is -0.269. The Hall–Kier alpha value is -1.46. The summed E-state index contributed by atoms with van der Waals surface area (Å²) < 4.78 is 19.8. The van der Waals surface area contributed by atoms with Gasteiger partial charge in [0, 0.05) is 22.0 Å². The average molecular weight is 293 g/mol. The number of fused-ring (bicyclic) bond motifs is 1. The summed E-state index contributed by atoms with van der Waals surface area (Å²) >= 11 is 1.34. The zero-order valence-electron chi connectivity index (χ0n) is 11.5. The molecule has 3 rings (SSSR count). The summed E-state index contributed by atoms with van der Waals surface area (Å²) in [7, 11) is 0. The summed E-state index contributed by atoms with van der Waals surface area (Å²) in [6.45, 7) is 5.81. The van der Waals surface area contributed by atoms with Gasteiger partial charge in [-0.3, -0.25) is 4.79 Å². The molecular weight excluding hydrogens is 277 g/mol. The summed E-state index contributed by atoms with van der Waals surface area (Å²) in [6.07, 6.45) is 0.